The van der Waals surface area contributed by atoms with Gasteiger partial charge in [-0.1, -0.05) is 19.1 Å². The molecule has 0 amide bonds. The molecule has 0 bridgehead atoms. The van der Waals surface area contributed by atoms with Crippen LogP contribution in [-0.4, -0.2) is 5.97 Å². The molecular weight excluding hydrogens is 369 g/mol. The Kier molecular flexibility index (Phi) is 5.68. The molecule has 1 aliphatic rings. The molecule has 0 unspecified atom stereocenters. The number of alkyl halides is 3. The normalized spacial score (nSPS) is 14.1. The summed E-state index contributed by atoms with van der Waals surface area (Å²) < 4.78 is 51.4. The van der Waals surface area contributed by atoms with E-state index < -0.39 is 17.7 Å². The van der Waals surface area contributed by atoms with Gasteiger partial charge in [-0.2, -0.15) is 13.2 Å². The highest BCUT2D eigenvalue weighted by molar-refractivity contribution is 5.72. The standard InChI is InChI=1S/C22H23F3O3/c1-4-21(26)28-19-7-5-6-16(15-8-9-15)17(19)12-27-20-11-14(3)13(2)10-18(20)22(23,24)25/h5-7,10-11,15H,4,8-9,12H2,1-3H3. The predicted molar refractivity (Wildman–Crippen MR) is 99.6 cm³/mol. The van der Waals surface area contributed by atoms with Crippen LogP contribution in [0, 0.1) is 13.8 Å². The van der Waals surface area contributed by atoms with Crippen molar-refractivity contribution in [1.29, 1.82) is 0 Å². The number of carbonyl (C=O) groups excluding carboxylic acids is 1. The zero-order valence-corrected chi connectivity index (χ0v) is 16.2. The van der Waals surface area contributed by atoms with E-state index in [4.69, 9.17) is 9.47 Å². The van der Waals surface area contributed by atoms with Gasteiger partial charge in [-0.3, -0.25) is 4.79 Å². The Bertz CT molecular complexity index is 883. The maximum absolute atomic E-state index is 13.5. The summed E-state index contributed by atoms with van der Waals surface area (Å²) in [7, 11) is 0. The summed E-state index contributed by atoms with van der Waals surface area (Å²) in [5, 5.41) is 0. The first kappa shape index (κ1) is 20.2. The maximum Gasteiger partial charge on any atom is 0.419 e. The Hall–Kier alpha value is -2.50. The zero-order valence-electron chi connectivity index (χ0n) is 16.2. The Labute approximate surface area is 162 Å². The minimum absolute atomic E-state index is 0.0927. The minimum Gasteiger partial charge on any atom is -0.488 e. The van der Waals surface area contributed by atoms with Crippen LogP contribution in [0.4, 0.5) is 13.2 Å². The van der Waals surface area contributed by atoms with E-state index >= 15 is 0 Å². The number of esters is 1. The molecule has 1 fully saturated rings. The molecule has 3 nitrogen and oxygen atoms in total. The second-order valence-electron chi connectivity index (χ2n) is 7.14. The van der Waals surface area contributed by atoms with Gasteiger partial charge in [0.1, 0.15) is 18.1 Å². The molecule has 28 heavy (non-hydrogen) atoms. The van der Waals surface area contributed by atoms with Gasteiger partial charge in [0.25, 0.3) is 0 Å². The highest BCUT2D eigenvalue weighted by Gasteiger charge is 2.35. The van der Waals surface area contributed by atoms with Crippen LogP contribution in [0.5, 0.6) is 11.5 Å². The van der Waals surface area contributed by atoms with Crippen molar-refractivity contribution >= 4 is 5.97 Å². The lowest BCUT2D eigenvalue weighted by Gasteiger charge is -2.19. The second kappa shape index (κ2) is 7.86. The van der Waals surface area contributed by atoms with Gasteiger partial charge >= 0.3 is 12.1 Å². The summed E-state index contributed by atoms with van der Waals surface area (Å²) in [5.74, 6) is 0.0830. The van der Waals surface area contributed by atoms with Crippen LogP contribution >= 0.6 is 0 Å². The molecule has 0 heterocycles. The van der Waals surface area contributed by atoms with E-state index in [0.717, 1.165) is 30.0 Å². The topological polar surface area (TPSA) is 35.5 Å². The fourth-order valence-corrected chi connectivity index (χ4v) is 3.08. The highest BCUT2D eigenvalue weighted by atomic mass is 19.4. The number of halogens is 3. The predicted octanol–water partition coefficient (Wildman–Crippen LogP) is 6.09. The van der Waals surface area contributed by atoms with Crippen molar-refractivity contribution in [2.24, 2.45) is 0 Å². The summed E-state index contributed by atoms with van der Waals surface area (Å²) >= 11 is 0. The van der Waals surface area contributed by atoms with Crippen molar-refractivity contribution in [3.63, 3.8) is 0 Å². The summed E-state index contributed by atoms with van der Waals surface area (Å²) in [6, 6.07) is 7.89. The molecule has 1 aliphatic carbocycles. The lowest BCUT2D eigenvalue weighted by atomic mass is 10.0. The Morgan fingerprint density at radius 2 is 1.79 bits per heavy atom. The molecule has 3 rings (SSSR count). The average Bonchev–Trinajstić information content (AvgIpc) is 3.46. The first-order valence-electron chi connectivity index (χ1n) is 9.34. The molecular formula is C22H23F3O3. The molecule has 0 aromatic heterocycles. The molecule has 2 aromatic carbocycles. The molecule has 0 atom stereocenters. The lowest BCUT2D eigenvalue weighted by molar-refractivity contribution is -0.139. The number of ether oxygens (including phenoxy) is 2. The summed E-state index contributed by atoms with van der Waals surface area (Å²) in [6.07, 6.45) is -2.28. The van der Waals surface area contributed by atoms with E-state index in [0.29, 0.717) is 22.8 Å². The smallest absolute Gasteiger partial charge is 0.419 e. The maximum atomic E-state index is 13.5. The molecule has 150 valence electrons. The van der Waals surface area contributed by atoms with Crippen LogP contribution in [0.2, 0.25) is 0 Å². The first-order chi connectivity index (χ1) is 13.2. The van der Waals surface area contributed by atoms with Crippen LogP contribution in [0.3, 0.4) is 0 Å². The van der Waals surface area contributed by atoms with Crippen molar-refractivity contribution in [2.75, 3.05) is 0 Å². The minimum atomic E-state index is -4.51. The monoisotopic (exact) mass is 392 g/mol. The van der Waals surface area contributed by atoms with Crippen LogP contribution in [0.15, 0.2) is 30.3 Å². The van der Waals surface area contributed by atoms with Gasteiger partial charge < -0.3 is 9.47 Å². The second-order valence-corrected chi connectivity index (χ2v) is 7.14. The molecule has 2 aromatic rings. The molecule has 1 saturated carbocycles. The van der Waals surface area contributed by atoms with E-state index in [1.807, 2.05) is 6.07 Å². The third kappa shape index (κ3) is 4.49. The number of rotatable bonds is 6. The largest absolute Gasteiger partial charge is 0.488 e. The van der Waals surface area contributed by atoms with Gasteiger partial charge in [-0.05, 0) is 67.5 Å². The fourth-order valence-electron chi connectivity index (χ4n) is 3.08. The summed E-state index contributed by atoms with van der Waals surface area (Å²) in [4.78, 5) is 11.8. The van der Waals surface area contributed by atoms with E-state index in [2.05, 4.69) is 0 Å². The number of aryl methyl sites for hydroxylation is 2. The van der Waals surface area contributed by atoms with E-state index in [-0.39, 0.29) is 18.8 Å². The SMILES string of the molecule is CCC(=O)Oc1cccc(C2CC2)c1COc1cc(C)c(C)cc1C(F)(F)F. The molecule has 0 spiro atoms. The van der Waals surface area contributed by atoms with Crippen molar-refractivity contribution in [2.45, 2.75) is 58.7 Å². The van der Waals surface area contributed by atoms with Crippen molar-refractivity contribution in [1.82, 2.24) is 0 Å². The zero-order chi connectivity index (χ0) is 20.5. The van der Waals surface area contributed by atoms with Crippen LogP contribution in [0.1, 0.15) is 59.9 Å². The average molecular weight is 392 g/mol. The molecule has 0 saturated heterocycles. The van der Waals surface area contributed by atoms with Gasteiger partial charge in [0, 0.05) is 12.0 Å². The number of hydrogen-bond acceptors (Lipinski definition) is 3. The number of benzene rings is 2. The van der Waals surface area contributed by atoms with Crippen LogP contribution < -0.4 is 9.47 Å². The van der Waals surface area contributed by atoms with Crippen LogP contribution in [0.25, 0.3) is 0 Å². The Balaban J connectivity index is 1.94. The third-order valence-electron chi connectivity index (χ3n) is 4.97. The van der Waals surface area contributed by atoms with Crippen LogP contribution in [-0.2, 0) is 17.6 Å². The van der Waals surface area contributed by atoms with Gasteiger partial charge in [0.05, 0.1) is 5.56 Å². The van der Waals surface area contributed by atoms with Crippen molar-refractivity contribution in [3.05, 3.63) is 58.1 Å². The number of carbonyl (C=O) groups is 1. The van der Waals surface area contributed by atoms with Gasteiger partial charge in [0.15, 0.2) is 0 Å². The highest BCUT2D eigenvalue weighted by Crippen LogP contribution is 2.44. The van der Waals surface area contributed by atoms with E-state index in [1.54, 1.807) is 32.9 Å². The Morgan fingerprint density at radius 3 is 2.39 bits per heavy atom. The molecule has 6 heteroatoms. The molecule has 0 aliphatic heterocycles. The van der Waals surface area contributed by atoms with E-state index in [1.165, 1.54) is 6.07 Å². The van der Waals surface area contributed by atoms with Gasteiger partial charge in [-0.15, -0.1) is 0 Å². The van der Waals surface area contributed by atoms with Crippen molar-refractivity contribution < 1.29 is 27.4 Å². The Morgan fingerprint density at radius 1 is 1.11 bits per heavy atom. The van der Waals surface area contributed by atoms with Gasteiger partial charge in [-0.25, -0.2) is 0 Å². The van der Waals surface area contributed by atoms with Gasteiger partial charge in [0.2, 0.25) is 0 Å². The molecule has 0 N–H and O–H groups in total. The van der Waals surface area contributed by atoms with Crippen molar-refractivity contribution in [3.8, 4) is 11.5 Å². The first-order valence-corrected chi connectivity index (χ1v) is 9.34. The fraction of sp³-hybridized carbons (Fsp3) is 0.409. The summed E-state index contributed by atoms with van der Waals surface area (Å²) in [5.41, 5.74) is 2.08. The molecule has 0 radical (unpaired) electrons. The quantitative estimate of drug-likeness (QED) is 0.441. The number of hydrogen-bond donors (Lipinski definition) is 0. The summed E-state index contributed by atoms with van der Waals surface area (Å²) in [6.45, 7) is 4.98. The lowest BCUT2D eigenvalue weighted by Crippen LogP contribution is -2.12. The van der Waals surface area contributed by atoms with E-state index in [9.17, 15) is 18.0 Å². The third-order valence-corrected chi connectivity index (χ3v) is 4.97.